The maximum absolute atomic E-state index is 10.6. The van der Waals surface area contributed by atoms with Crippen LogP contribution in [0.5, 0.6) is 5.75 Å². The molecule has 0 fully saturated rings. The summed E-state index contributed by atoms with van der Waals surface area (Å²) in [6, 6.07) is 5.53. The molecule has 0 aliphatic rings. The standard InChI is InChI=1S/C12H16ClNO2/c1-9-8-11(13)4-5-12(9)16-7-3-6-14-10(2)15/h4-5,8H,3,6-7H2,1-2H3,(H,14,15). The van der Waals surface area contributed by atoms with Crippen molar-refractivity contribution in [2.45, 2.75) is 20.3 Å². The zero-order valence-corrected chi connectivity index (χ0v) is 10.3. The Hall–Kier alpha value is -1.22. The molecule has 3 nitrogen and oxygen atoms in total. The number of carbonyl (C=O) groups is 1. The average Bonchev–Trinajstić information content (AvgIpc) is 2.20. The number of carbonyl (C=O) groups excluding carboxylic acids is 1. The number of hydrogen-bond acceptors (Lipinski definition) is 2. The van der Waals surface area contributed by atoms with Gasteiger partial charge in [-0.25, -0.2) is 0 Å². The van der Waals surface area contributed by atoms with Gasteiger partial charge in [0.2, 0.25) is 5.91 Å². The smallest absolute Gasteiger partial charge is 0.216 e. The van der Waals surface area contributed by atoms with E-state index in [0.717, 1.165) is 17.7 Å². The van der Waals surface area contributed by atoms with Crippen LogP contribution in [0.2, 0.25) is 5.02 Å². The van der Waals surface area contributed by atoms with Crippen molar-refractivity contribution in [1.29, 1.82) is 0 Å². The Balaban J connectivity index is 2.29. The Labute approximate surface area is 101 Å². The molecule has 4 heteroatoms. The number of aryl methyl sites for hydroxylation is 1. The van der Waals surface area contributed by atoms with E-state index in [9.17, 15) is 4.79 Å². The van der Waals surface area contributed by atoms with Gasteiger partial charge < -0.3 is 10.1 Å². The Bertz CT molecular complexity index is 366. The van der Waals surface area contributed by atoms with Gasteiger partial charge in [-0.05, 0) is 37.1 Å². The van der Waals surface area contributed by atoms with E-state index < -0.39 is 0 Å². The molecule has 0 radical (unpaired) electrons. The predicted octanol–water partition coefficient (Wildman–Crippen LogP) is 2.55. The molecule has 0 aromatic heterocycles. The van der Waals surface area contributed by atoms with Crippen LogP contribution in [0.25, 0.3) is 0 Å². The molecule has 0 saturated heterocycles. The predicted molar refractivity (Wildman–Crippen MR) is 65.0 cm³/mol. The van der Waals surface area contributed by atoms with Gasteiger partial charge in [0.05, 0.1) is 6.61 Å². The number of ether oxygens (including phenoxy) is 1. The first-order valence-corrected chi connectivity index (χ1v) is 5.61. The average molecular weight is 242 g/mol. The molecule has 0 aliphatic heterocycles. The number of nitrogens with one attached hydrogen (secondary N) is 1. The van der Waals surface area contributed by atoms with E-state index in [0.29, 0.717) is 18.2 Å². The van der Waals surface area contributed by atoms with Crippen molar-refractivity contribution in [3.8, 4) is 5.75 Å². The minimum absolute atomic E-state index is 0.0114. The molecule has 0 spiro atoms. The first kappa shape index (κ1) is 12.8. The highest BCUT2D eigenvalue weighted by Crippen LogP contribution is 2.21. The molecule has 88 valence electrons. The molecule has 16 heavy (non-hydrogen) atoms. The van der Waals surface area contributed by atoms with Crippen molar-refractivity contribution in [2.24, 2.45) is 0 Å². The zero-order chi connectivity index (χ0) is 12.0. The molecule has 1 aromatic carbocycles. The van der Waals surface area contributed by atoms with Crippen LogP contribution in [0.1, 0.15) is 18.9 Å². The highest BCUT2D eigenvalue weighted by atomic mass is 35.5. The van der Waals surface area contributed by atoms with Crippen molar-refractivity contribution < 1.29 is 9.53 Å². The molecule has 0 heterocycles. The van der Waals surface area contributed by atoms with Gasteiger partial charge in [0, 0.05) is 18.5 Å². The molecule has 0 aliphatic carbocycles. The third kappa shape index (κ3) is 4.53. The van der Waals surface area contributed by atoms with Crippen LogP contribution >= 0.6 is 11.6 Å². The lowest BCUT2D eigenvalue weighted by atomic mass is 10.2. The van der Waals surface area contributed by atoms with Crippen molar-refractivity contribution in [1.82, 2.24) is 5.32 Å². The van der Waals surface area contributed by atoms with E-state index in [-0.39, 0.29) is 5.91 Å². The fraction of sp³-hybridized carbons (Fsp3) is 0.417. The highest BCUT2D eigenvalue weighted by Gasteiger charge is 1.99. The van der Waals surface area contributed by atoms with Crippen molar-refractivity contribution >= 4 is 17.5 Å². The molecular weight excluding hydrogens is 226 g/mol. The molecule has 1 rings (SSSR count). The number of rotatable bonds is 5. The summed E-state index contributed by atoms with van der Waals surface area (Å²) in [7, 11) is 0. The Morgan fingerprint density at radius 1 is 1.50 bits per heavy atom. The lowest BCUT2D eigenvalue weighted by Crippen LogP contribution is -2.22. The van der Waals surface area contributed by atoms with Crippen LogP contribution in [-0.4, -0.2) is 19.1 Å². The summed E-state index contributed by atoms with van der Waals surface area (Å²) >= 11 is 5.83. The van der Waals surface area contributed by atoms with Crippen molar-refractivity contribution in [2.75, 3.05) is 13.2 Å². The van der Waals surface area contributed by atoms with Crippen LogP contribution in [0, 0.1) is 6.92 Å². The third-order valence-electron chi connectivity index (χ3n) is 2.09. The SMILES string of the molecule is CC(=O)NCCCOc1ccc(Cl)cc1C. The molecule has 0 bridgehead atoms. The van der Waals surface area contributed by atoms with Crippen LogP contribution in [0.4, 0.5) is 0 Å². The molecule has 0 saturated carbocycles. The van der Waals surface area contributed by atoms with E-state index >= 15 is 0 Å². The number of benzene rings is 1. The van der Waals surface area contributed by atoms with E-state index in [1.807, 2.05) is 19.1 Å². The monoisotopic (exact) mass is 241 g/mol. The van der Waals surface area contributed by atoms with Gasteiger partial charge in [0.1, 0.15) is 5.75 Å². The van der Waals surface area contributed by atoms with Crippen LogP contribution in [0.3, 0.4) is 0 Å². The first-order valence-electron chi connectivity index (χ1n) is 5.23. The molecular formula is C12H16ClNO2. The Morgan fingerprint density at radius 3 is 2.88 bits per heavy atom. The van der Waals surface area contributed by atoms with Crippen LogP contribution in [0.15, 0.2) is 18.2 Å². The Kier molecular flexibility index (Phi) is 5.12. The van der Waals surface area contributed by atoms with E-state index in [2.05, 4.69) is 5.32 Å². The van der Waals surface area contributed by atoms with Crippen molar-refractivity contribution in [3.63, 3.8) is 0 Å². The number of amides is 1. The summed E-state index contributed by atoms with van der Waals surface area (Å²) < 4.78 is 5.56. The minimum atomic E-state index is -0.0114. The van der Waals surface area contributed by atoms with Gasteiger partial charge >= 0.3 is 0 Å². The Morgan fingerprint density at radius 2 is 2.25 bits per heavy atom. The summed E-state index contributed by atoms with van der Waals surface area (Å²) in [4.78, 5) is 10.6. The second-order valence-electron chi connectivity index (χ2n) is 3.59. The highest BCUT2D eigenvalue weighted by molar-refractivity contribution is 6.30. The largest absolute Gasteiger partial charge is 0.493 e. The van der Waals surface area contributed by atoms with Crippen LogP contribution in [-0.2, 0) is 4.79 Å². The zero-order valence-electron chi connectivity index (χ0n) is 9.55. The summed E-state index contributed by atoms with van der Waals surface area (Å²) in [5.41, 5.74) is 1.02. The summed E-state index contributed by atoms with van der Waals surface area (Å²) in [6.45, 7) is 4.68. The maximum atomic E-state index is 10.6. The fourth-order valence-electron chi connectivity index (χ4n) is 1.29. The van der Waals surface area contributed by atoms with E-state index in [4.69, 9.17) is 16.3 Å². The summed E-state index contributed by atoms with van der Waals surface area (Å²) in [5, 5.41) is 3.43. The fourth-order valence-corrected chi connectivity index (χ4v) is 1.52. The van der Waals surface area contributed by atoms with E-state index in [1.54, 1.807) is 6.07 Å². The second kappa shape index (κ2) is 6.38. The van der Waals surface area contributed by atoms with Gasteiger partial charge in [0.15, 0.2) is 0 Å². The molecule has 1 aromatic rings. The lowest BCUT2D eigenvalue weighted by Gasteiger charge is -2.09. The quantitative estimate of drug-likeness (QED) is 0.805. The topological polar surface area (TPSA) is 38.3 Å². The third-order valence-corrected chi connectivity index (χ3v) is 2.32. The van der Waals surface area contributed by atoms with Gasteiger partial charge in [-0.1, -0.05) is 11.6 Å². The van der Waals surface area contributed by atoms with Gasteiger partial charge in [-0.3, -0.25) is 4.79 Å². The molecule has 1 N–H and O–H groups in total. The minimum Gasteiger partial charge on any atom is -0.493 e. The van der Waals surface area contributed by atoms with E-state index in [1.165, 1.54) is 6.92 Å². The molecule has 1 amide bonds. The summed E-state index contributed by atoms with van der Waals surface area (Å²) in [6.07, 6.45) is 0.793. The van der Waals surface area contributed by atoms with Crippen molar-refractivity contribution in [3.05, 3.63) is 28.8 Å². The maximum Gasteiger partial charge on any atom is 0.216 e. The van der Waals surface area contributed by atoms with Gasteiger partial charge in [-0.2, -0.15) is 0 Å². The number of halogens is 1. The summed E-state index contributed by atoms with van der Waals surface area (Å²) in [5.74, 6) is 0.829. The number of hydrogen-bond donors (Lipinski definition) is 1. The normalized spacial score (nSPS) is 9.94. The lowest BCUT2D eigenvalue weighted by molar-refractivity contribution is -0.118. The first-order chi connectivity index (χ1) is 7.59. The van der Waals surface area contributed by atoms with Crippen LogP contribution < -0.4 is 10.1 Å². The van der Waals surface area contributed by atoms with Gasteiger partial charge in [0.25, 0.3) is 0 Å². The second-order valence-corrected chi connectivity index (χ2v) is 4.03. The van der Waals surface area contributed by atoms with Gasteiger partial charge in [-0.15, -0.1) is 0 Å². The molecule has 0 unspecified atom stereocenters. The molecule has 0 atom stereocenters.